The smallest absolute Gasteiger partial charge is 0.293 e. The quantitative estimate of drug-likeness (QED) is 0.443. The zero-order valence-electron chi connectivity index (χ0n) is 17.0. The van der Waals surface area contributed by atoms with Crippen LogP contribution in [0.5, 0.6) is 0 Å². The van der Waals surface area contributed by atoms with Gasteiger partial charge in [-0.15, -0.1) is 12.4 Å². The lowest BCUT2D eigenvalue weighted by atomic mass is 9.96. The molecular formula is C21H25ClN4O4. The first kappa shape index (κ1) is 23.3. The van der Waals surface area contributed by atoms with Gasteiger partial charge in [-0.25, -0.2) is 0 Å². The fourth-order valence-electron chi connectivity index (χ4n) is 3.43. The highest BCUT2D eigenvalue weighted by Crippen LogP contribution is 2.29. The van der Waals surface area contributed by atoms with Gasteiger partial charge in [-0.05, 0) is 31.2 Å². The zero-order valence-corrected chi connectivity index (χ0v) is 17.8. The van der Waals surface area contributed by atoms with Crippen LogP contribution in [0.15, 0.2) is 42.5 Å². The van der Waals surface area contributed by atoms with E-state index in [1.165, 1.54) is 6.07 Å². The number of nitro groups is 1. The lowest BCUT2D eigenvalue weighted by Gasteiger charge is -2.21. The van der Waals surface area contributed by atoms with Crippen LogP contribution in [0.3, 0.4) is 0 Å². The van der Waals surface area contributed by atoms with Gasteiger partial charge in [0.1, 0.15) is 5.69 Å². The van der Waals surface area contributed by atoms with Gasteiger partial charge in [-0.3, -0.25) is 19.7 Å². The number of amides is 1. The van der Waals surface area contributed by atoms with E-state index in [0.29, 0.717) is 30.9 Å². The van der Waals surface area contributed by atoms with E-state index in [-0.39, 0.29) is 35.1 Å². The van der Waals surface area contributed by atoms with Gasteiger partial charge >= 0.3 is 0 Å². The molecule has 0 saturated carbocycles. The lowest BCUT2D eigenvalue weighted by Crippen LogP contribution is -2.35. The van der Waals surface area contributed by atoms with E-state index in [1.807, 2.05) is 0 Å². The van der Waals surface area contributed by atoms with Crippen LogP contribution in [0.1, 0.15) is 32.7 Å². The highest BCUT2D eigenvalue weighted by molar-refractivity contribution is 6.15. The molecule has 160 valence electrons. The summed E-state index contributed by atoms with van der Waals surface area (Å²) in [6, 6.07) is 11.0. The summed E-state index contributed by atoms with van der Waals surface area (Å²) in [6.45, 7) is 2.76. The average Bonchev–Trinajstić information content (AvgIpc) is 3.01. The van der Waals surface area contributed by atoms with Gasteiger partial charge in [0.2, 0.25) is 0 Å². The molecule has 0 atom stereocenters. The predicted molar refractivity (Wildman–Crippen MR) is 118 cm³/mol. The molecule has 1 fully saturated rings. The number of nitrogens with one attached hydrogen (secondary N) is 1. The van der Waals surface area contributed by atoms with Gasteiger partial charge in [0, 0.05) is 50.9 Å². The number of halogens is 1. The number of hydrogen-bond acceptors (Lipinski definition) is 6. The molecule has 1 heterocycles. The van der Waals surface area contributed by atoms with Crippen molar-refractivity contribution in [3.63, 3.8) is 0 Å². The fourth-order valence-corrected chi connectivity index (χ4v) is 3.43. The fraction of sp³-hybridized carbons (Fsp3) is 0.333. The summed E-state index contributed by atoms with van der Waals surface area (Å²) in [5.41, 5.74) is 1.01. The minimum absolute atomic E-state index is 0. The second-order valence-corrected chi connectivity index (χ2v) is 7.13. The van der Waals surface area contributed by atoms with E-state index < -0.39 is 10.7 Å². The normalized spacial score (nSPS) is 13.7. The first-order chi connectivity index (χ1) is 13.9. The third-order valence-corrected chi connectivity index (χ3v) is 4.95. The molecule has 30 heavy (non-hydrogen) atoms. The molecule has 1 amide bonds. The van der Waals surface area contributed by atoms with Crippen LogP contribution < -0.4 is 10.2 Å². The van der Waals surface area contributed by atoms with Gasteiger partial charge < -0.3 is 15.1 Å². The predicted octanol–water partition coefficient (Wildman–Crippen LogP) is 2.75. The third-order valence-electron chi connectivity index (χ3n) is 4.95. The maximum Gasteiger partial charge on any atom is 0.293 e. The Morgan fingerprint density at radius 2 is 1.77 bits per heavy atom. The van der Waals surface area contributed by atoms with Gasteiger partial charge in [0.05, 0.1) is 10.5 Å². The van der Waals surface area contributed by atoms with Crippen LogP contribution in [0, 0.1) is 10.1 Å². The number of anilines is 1. The highest BCUT2D eigenvalue weighted by atomic mass is 35.5. The molecule has 1 N–H and O–H groups in total. The molecule has 1 saturated heterocycles. The maximum atomic E-state index is 13.2. The van der Waals surface area contributed by atoms with E-state index in [4.69, 9.17) is 0 Å². The van der Waals surface area contributed by atoms with Crippen molar-refractivity contribution in [2.45, 2.75) is 6.42 Å². The Balaban J connectivity index is 0.00000320. The van der Waals surface area contributed by atoms with Crippen molar-refractivity contribution in [3.8, 4) is 0 Å². The van der Waals surface area contributed by atoms with Gasteiger partial charge in [0.25, 0.3) is 11.6 Å². The van der Waals surface area contributed by atoms with Crippen molar-refractivity contribution >= 4 is 35.5 Å². The largest absolute Gasteiger partial charge is 0.372 e. The van der Waals surface area contributed by atoms with Crippen LogP contribution in [0.4, 0.5) is 11.4 Å². The van der Waals surface area contributed by atoms with Crippen LogP contribution in [0.2, 0.25) is 0 Å². The highest BCUT2D eigenvalue weighted by Gasteiger charge is 2.25. The first-order valence-corrected chi connectivity index (χ1v) is 9.49. The van der Waals surface area contributed by atoms with Gasteiger partial charge in [-0.2, -0.15) is 0 Å². The van der Waals surface area contributed by atoms with Gasteiger partial charge in [-0.1, -0.05) is 18.2 Å². The number of hydrogen-bond donors (Lipinski definition) is 1. The summed E-state index contributed by atoms with van der Waals surface area (Å²) in [5, 5.41) is 14.7. The minimum atomic E-state index is -0.507. The van der Waals surface area contributed by atoms with Crippen LogP contribution >= 0.6 is 12.4 Å². The van der Waals surface area contributed by atoms with E-state index in [2.05, 4.69) is 5.32 Å². The lowest BCUT2D eigenvalue weighted by molar-refractivity contribution is -0.384. The monoisotopic (exact) mass is 432 g/mol. The Hall–Kier alpha value is -2.97. The number of carbonyl (C=O) groups is 2. The maximum absolute atomic E-state index is 13.2. The Bertz CT molecular complexity index is 940. The first-order valence-electron chi connectivity index (χ1n) is 9.49. The summed E-state index contributed by atoms with van der Waals surface area (Å²) >= 11 is 0. The van der Waals surface area contributed by atoms with Crippen molar-refractivity contribution in [3.05, 3.63) is 69.3 Å². The summed E-state index contributed by atoms with van der Waals surface area (Å²) in [7, 11) is 3.40. The number of ketones is 1. The molecule has 9 heteroatoms. The Morgan fingerprint density at radius 3 is 2.43 bits per heavy atom. The average molecular weight is 433 g/mol. The summed E-state index contributed by atoms with van der Waals surface area (Å²) < 4.78 is 0. The molecule has 2 aromatic rings. The van der Waals surface area contributed by atoms with Gasteiger partial charge in [0.15, 0.2) is 5.78 Å². The van der Waals surface area contributed by atoms with Crippen molar-refractivity contribution in [1.29, 1.82) is 0 Å². The van der Waals surface area contributed by atoms with Crippen molar-refractivity contribution in [1.82, 2.24) is 10.2 Å². The number of benzene rings is 2. The number of carbonyl (C=O) groups excluding carboxylic acids is 2. The molecule has 2 aromatic carbocycles. The zero-order chi connectivity index (χ0) is 21.0. The Labute approximate surface area is 181 Å². The van der Waals surface area contributed by atoms with Crippen LogP contribution in [0.25, 0.3) is 0 Å². The second kappa shape index (κ2) is 10.2. The number of nitro benzene ring substituents is 1. The molecule has 3 rings (SSSR count). The van der Waals surface area contributed by atoms with E-state index >= 15 is 0 Å². The molecule has 0 radical (unpaired) electrons. The van der Waals surface area contributed by atoms with Crippen molar-refractivity contribution < 1.29 is 14.5 Å². The topological polar surface area (TPSA) is 95.8 Å². The molecule has 0 aromatic heterocycles. The van der Waals surface area contributed by atoms with Crippen LogP contribution in [-0.4, -0.2) is 61.8 Å². The third kappa shape index (κ3) is 4.95. The van der Waals surface area contributed by atoms with E-state index in [9.17, 15) is 19.7 Å². The van der Waals surface area contributed by atoms with Crippen molar-refractivity contribution in [2.24, 2.45) is 0 Å². The van der Waals surface area contributed by atoms with Crippen molar-refractivity contribution in [2.75, 3.05) is 45.2 Å². The molecular weight excluding hydrogens is 408 g/mol. The standard InChI is InChI=1S/C21H24N4O4.ClH/c1-23(2)18-9-8-15(14-19(18)25(28)29)20(26)16-6-3-4-7-17(16)21(27)24-12-5-10-22-11-13-24;/h3-4,6-9,14,22H,5,10-13H2,1-2H3;1H. The van der Waals surface area contributed by atoms with Crippen LogP contribution in [-0.2, 0) is 0 Å². The molecule has 0 spiro atoms. The molecule has 1 aliphatic rings. The molecule has 8 nitrogen and oxygen atoms in total. The molecule has 0 unspecified atom stereocenters. The van der Waals surface area contributed by atoms with E-state index in [1.54, 1.807) is 60.3 Å². The van der Waals surface area contributed by atoms with E-state index in [0.717, 1.165) is 13.0 Å². The molecule has 1 aliphatic heterocycles. The molecule has 0 aliphatic carbocycles. The SMILES string of the molecule is CN(C)c1ccc(C(=O)c2ccccc2C(=O)N2CCCNCC2)cc1[N+](=O)[O-].Cl. The minimum Gasteiger partial charge on any atom is -0.372 e. The number of rotatable bonds is 5. The number of nitrogens with zero attached hydrogens (tertiary/aromatic N) is 3. The Kier molecular flexibility index (Phi) is 7.91. The molecule has 0 bridgehead atoms. The second-order valence-electron chi connectivity index (χ2n) is 7.13. The summed E-state index contributed by atoms with van der Waals surface area (Å²) in [6.07, 6.45) is 0.847. The Morgan fingerprint density at radius 1 is 1.07 bits per heavy atom. The summed E-state index contributed by atoms with van der Waals surface area (Å²) in [4.78, 5) is 40.5. The summed E-state index contributed by atoms with van der Waals surface area (Å²) in [5.74, 6) is -0.604.